The Hall–Kier alpha value is -3.78. The van der Waals surface area contributed by atoms with Gasteiger partial charge in [-0.25, -0.2) is 4.79 Å². The summed E-state index contributed by atoms with van der Waals surface area (Å²) >= 11 is 1.58. The number of ether oxygens (including phenoxy) is 3. The molecule has 7 nitrogen and oxygen atoms in total. The van der Waals surface area contributed by atoms with Crippen molar-refractivity contribution in [3.63, 3.8) is 0 Å². The van der Waals surface area contributed by atoms with Gasteiger partial charge in [0.05, 0.1) is 12.7 Å². The van der Waals surface area contributed by atoms with E-state index in [-0.39, 0.29) is 30.5 Å². The van der Waals surface area contributed by atoms with Gasteiger partial charge >= 0.3 is 5.97 Å². The van der Waals surface area contributed by atoms with Gasteiger partial charge in [-0.2, -0.15) is 0 Å². The first kappa shape index (κ1) is 23.9. The van der Waals surface area contributed by atoms with Crippen LogP contribution in [0.2, 0.25) is 0 Å². The number of methoxy groups -OCH3 is 1. The zero-order valence-electron chi connectivity index (χ0n) is 18.2. The summed E-state index contributed by atoms with van der Waals surface area (Å²) < 4.78 is 15.7. The van der Waals surface area contributed by atoms with E-state index in [9.17, 15) is 14.4 Å². The van der Waals surface area contributed by atoms with E-state index >= 15 is 0 Å². The summed E-state index contributed by atoms with van der Waals surface area (Å²) in [6, 6.07) is 20.2. The molecule has 3 aromatic carbocycles. The maximum atomic E-state index is 12.2. The molecule has 8 heteroatoms. The van der Waals surface area contributed by atoms with Gasteiger partial charge in [0, 0.05) is 22.2 Å². The number of nitrogens with one attached hydrogen (secondary N) is 1. The third kappa shape index (κ3) is 7.11. The molecule has 33 heavy (non-hydrogen) atoms. The van der Waals surface area contributed by atoms with Gasteiger partial charge < -0.3 is 19.5 Å². The minimum atomic E-state index is -0.619. The Morgan fingerprint density at radius 2 is 1.55 bits per heavy atom. The number of carbonyl (C=O) groups excluding carboxylic acids is 3. The summed E-state index contributed by atoms with van der Waals surface area (Å²) in [4.78, 5) is 37.5. The molecule has 0 saturated carbocycles. The number of carbonyl (C=O) groups is 3. The molecule has 0 fully saturated rings. The lowest BCUT2D eigenvalue weighted by Crippen LogP contribution is -2.20. The van der Waals surface area contributed by atoms with E-state index in [1.54, 1.807) is 67.4 Å². The second-order valence-electron chi connectivity index (χ2n) is 6.82. The molecule has 1 N–H and O–H groups in total. The van der Waals surface area contributed by atoms with Crippen LogP contribution in [0, 0.1) is 0 Å². The standard InChI is InChI=1S/C25H23NO6S/c1-30-21-5-3-4-19(14-21)26-24(28)16-31-20-10-6-18(7-11-20)25(29)32-15-23(27)17-8-12-22(33-2)13-9-17/h3-14H,15-16H2,1-2H3,(H,26,28). The van der Waals surface area contributed by atoms with Crippen LogP contribution in [0.3, 0.4) is 0 Å². The van der Waals surface area contributed by atoms with Gasteiger partial charge in [0.1, 0.15) is 11.5 Å². The zero-order valence-corrected chi connectivity index (χ0v) is 19.0. The highest BCUT2D eigenvalue weighted by Crippen LogP contribution is 2.18. The predicted molar refractivity (Wildman–Crippen MR) is 126 cm³/mol. The molecule has 0 aliphatic carbocycles. The summed E-state index contributed by atoms with van der Waals surface area (Å²) in [5.41, 5.74) is 1.35. The Bertz CT molecular complexity index is 1110. The highest BCUT2D eigenvalue weighted by Gasteiger charge is 2.12. The van der Waals surface area contributed by atoms with Crippen molar-refractivity contribution < 1.29 is 28.6 Å². The normalized spacial score (nSPS) is 10.2. The lowest BCUT2D eigenvalue weighted by Gasteiger charge is -2.09. The molecule has 0 spiro atoms. The molecule has 0 unspecified atom stereocenters. The molecule has 170 valence electrons. The number of Topliss-reactive ketones (excluding diaryl/α,β-unsaturated/α-hetero) is 1. The van der Waals surface area contributed by atoms with E-state index in [1.165, 1.54) is 12.1 Å². The highest BCUT2D eigenvalue weighted by molar-refractivity contribution is 7.98. The van der Waals surface area contributed by atoms with E-state index in [2.05, 4.69) is 5.32 Å². The number of benzene rings is 3. The Morgan fingerprint density at radius 3 is 2.21 bits per heavy atom. The molecule has 3 aromatic rings. The van der Waals surface area contributed by atoms with E-state index in [0.29, 0.717) is 22.7 Å². The Balaban J connectivity index is 1.46. The van der Waals surface area contributed by atoms with E-state index in [1.807, 2.05) is 18.4 Å². The van der Waals surface area contributed by atoms with Gasteiger partial charge in [0.15, 0.2) is 19.0 Å². The molecule has 0 aromatic heterocycles. The summed E-state index contributed by atoms with van der Waals surface area (Å²) in [7, 11) is 1.55. The molecule has 0 aliphatic heterocycles. The van der Waals surface area contributed by atoms with Crippen molar-refractivity contribution in [3.8, 4) is 11.5 Å². The Morgan fingerprint density at radius 1 is 0.848 bits per heavy atom. The number of hydrogen-bond acceptors (Lipinski definition) is 7. The SMILES string of the molecule is COc1cccc(NC(=O)COc2ccc(C(=O)OCC(=O)c3ccc(SC)cc3)cc2)c1. The maximum Gasteiger partial charge on any atom is 0.338 e. The number of ketones is 1. The minimum Gasteiger partial charge on any atom is -0.497 e. The topological polar surface area (TPSA) is 90.9 Å². The second kappa shape index (κ2) is 11.7. The van der Waals surface area contributed by atoms with Crippen LogP contribution in [0.25, 0.3) is 0 Å². The van der Waals surface area contributed by atoms with Crippen molar-refractivity contribution in [2.75, 3.05) is 31.9 Å². The average Bonchev–Trinajstić information content (AvgIpc) is 2.86. The van der Waals surface area contributed by atoms with Crippen molar-refractivity contribution in [2.24, 2.45) is 0 Å². The van der Waals surface area contributed by atoms with Crippen molar-refractivity contribution in [1.29, 1.82) is 0 Å². The fraction of sp³-hybridized carbons (Fsp3) is 0.160. The fourth-order valence-corrected chi connectivity index (χ4v) is 3.22. The maximum absolute atomic E-state index is 12.2. The summed E-state index contributed by atoms with van der Waals surface area (Å²) in [5.74, 6) is -0.191. The summed E-state index contributed by atoms with van der Waals surface area (Å²) in [5, 5.41) is 2.71. The zero-order chi connectivity index (χ0) is 23.6. The molecule has 0 radical (unpaired) electrons. The first-order chi connectivity index (χ1) is 16.0. The van der Waals surface area contributed by atoms with Crippen molar-refractivity contribution in [2.45, 2.75) is 4.90 Å². The first-order valence-corrected chi connectivity index (χ1v) is 11.2. The lowest BCUT2D eigenvalue weighted by atomic mass is 10.1. The number of thioether (sulfide) groups is 1. The molecule has 1 amide bonds. The number of esters is 1. The number of anilines is 1. The summed E-state index contributed by atoms with van der Waals surface area (Å²) in [6.07, 6.45) is 1.95. The van der Waals surface area contributed by atoms with E-state index in [0.717, 1.165) is 4.90 Å². The van der Waals surface area contributed by atoms with Gasteiger partial charge in [0.25, 0.3) is 5.91 Å². The molecule has 0 bridgehead atoms. The highest BCUT2D eigenvalue weighted by atomic mass is 32.2. The van der Waals surface area contributed by atoms with Crippen LogP contribution in [-0.4, -0.2) is 44.2 Å². The van der Waals surface area contributed by atoms with Crippen molar-refractivity contribution in [3.05, 3.63) is 83.9 Å². The van der Waals surface area contributed by atoms with Crippen molar-refractivity contribution >= 4 is 35.1 Å². The first-order valence-electron chi connectivity index (χ1n) is 9.99. The van der Waals surface area contributed by atoms with Crippen molar-refractivity contribution in [1.82, 2.24) is 0 Å². The van der Waals surface area contributed by atoms with Gasteiger partial charge in [-0.05, 0) is 54.8 Å². The molecular weight excluding hydrogens is 442 g/mol. The summed E-state index contributed by atoms with van der Waals surface area (Å²) in [6.45, 7) is -0.551. The quantitative estimate of drug-likeness (QED) is 0.268. The predicted octanol–water partition coefficient (Wildman–Crippen LogP) is 4.47. The minimum absolute atomic E-state index is 0.204. The fourth-order valence-electron chi connectivity index (χ4n) is 2.81. The van der Waals surface area contributed by atoms with Gasteiger partial charge in [-0.3, -0.25) is 9.59 Å². The van der Waals surface area contributed by atoms with Crippen LogP contribution in [0.1, 0.15) is 20.7 Å². The largest absolute Gasteiger partial charge is 0.497 e. The third-order valence-corrected chi connectivity index (χ3v) is 5.30. The Kier molecular flexibility index (Phi) is 8.49. The van der Waals surface area contributed by atoms with Crippen LogP contribution < -0.4 is 14.8 Å². The molecule has 0 atom stereocenters. The Labute approximate surface area is 196 Å². The monoisotopic (exact) mass is 465 g/mol. The smallest absolute Gasteiger partial charge is 0.338 e. The molecule has 0 aliphatic rings. The molecule has 3 rings (SSSR count). The van der Waals surface area contributed by atoms with E-state index in [4.69, 9.17) is 14.2 Å². The van der Waals surface area contributed by atoms with Crippen LogP contribution in [0.5, 0.6) is 11.5 Å². The lowest BCUT2D eigenvalue weighted by molar-refractivity contribution is -0.118. The van der Waals surface area contributed by atoms with Gasteiger partial charge in [0.2, 0.25) is 0 Å². The second-order valence-corrected chi connectivity index (χ2v) is 7.70. The van der Waals surface area contributed by atoms with Crippen LogP contribution in [0.4, 0.5) is 5.69 Å². The molecular formula is C25H23NO6S. The van der Waals surface area contributed by atoms with Crippen LogP contribution >= 0.6 is 11.8 Å². The van der Waals surface area contributed by atoms with Gasteiger partial charge in [-0.1, -0.05) is 18.2 Å². The van der Waals surface area contributed by atoms with Gasteiger partial charge in [-0.15, -0.1) is 11.8 Å². The van der Waals surface area contributed by atoms with E-state index < -0.39 is 5.97 Å². The number of rotatable bonds is 10. The molecule has 0 heterocycles. The number of amides is 1. The molecule has 0 saturated heterocycles. The average molecular weight is 466 g/mol. The third-order valence-electron chi connectivity index (χ3n) is 4.56. The number of hydrogen-bond donors (Lipinski definition) is 1. The van der Waals surface area contributed by atoms with Crippen LogP contribution in [0.15, 0.2) is 77.7 Å². The van der Waals surface area contributed by atoms with Crippen LogP contribution in [-0.2, 0) is 9.53 Å².